The fraction of sp³-hybridized carbons (Fsp3) is 0. The van der Waals surface area contributed by atoms with Crippen LogP contribution in [0.5, 0.6) is 11.5 Å². The van der Waals surface area contributed by atoms with Gasteiger partial charge in [-0.3, -0.25) is 0 Å². The van der Waals surface area contributed by atoms with Crippen molar-refractivity contribution >= 4 is 44.9 Å². The Morgan fingerprint density at radius 1 is 0.481 bits per heavy atom. The lowest BCUT2D eigenvalue weighted by Gasteiger charge is -2.33. The van der Waals surface area contributed by atoms with Crippen molar-refractivity contribution < 1.29 is 18.3 Å². The van der Waals surface area contributed by atoms with Crippen LogP contribution in [-0.4, -0.2) is 9.97 Å². The summed E-state index contributed by atoms with van der Waals surface area (Å²) < 4.78 is 24.6. The van der Waals surface area contributed by atoms with E-state index >= 15 is 0 Å². The molecule has 7 aromatic rings. The molecule has 2 aliphatic rings. The van der Waals surface area contributed by atoms with Gasteiger partial charge in [0.25, 0.3) is 0 Å². The number of aromatic nitrogens is 2. The molecular formula is C44H30N4O4. The predicted octanol–water partition coefficient (Wildman–Crippen LogP) is 11.5. The van der Waals surface area contributed by atoms with Gasteiger partial charge in [-0.05, 0) is 97.1 Å². The molecule has 0 unspecified atom stereocenters. The topological polar surface area (TPSA) is 77.0 Å². The van der Waals surface area contributed by atoms with Gasteiger partial charge in [0.1, 0.15) is 11.0 Å². The van der Waals surface area contributed by atoms with Crippen LogP contribution in [0.25, 0.3) is 45.1 Å². The average Bonchev–Trinajstić information content (AvgIpc) is 3.81. The van der Waals surface area contributed by atoms with Crippen LogP contribution in [0.3, 0.4) is 0 Å². The van der Waals surface area contributed by atoms with E-state index in [1.807, 2.05) is 109 Å². The molecule has 0 radical (unpaired) electrons. The molecule has 0 spiro atoms. The number of allylic oxidation sites excluding steroid dienone is 4. The molecule has 2 aromatic heterocycles. The van der Waals surface area contributed by atoms with Gasteiger partial charge < -0.3 is 28.1 Å². The van der Waals surface area contributed by atoms with Crippen molar-refractivity contribution in [1.29, 1.82) is 0 Å². The summed E-state index contributed by atoms with van der Waals surface area (Å²) in [4.78, 5) is 13.8. The lowest BCUT2D eigenvalue weighted by atomic mass is 10.1. The highest BCUT2D eigenvalue weighted by Gasteiger charge is 2.27. The smallest absolute Gasteiger partial charge is 0.227 e. The molecule has 9 rings (SSSR count). The zero-order chi connectivity index (χ0) is 35.3. The van der Waals surface area contributed by atoms with Gasteiger partial charge in [0.2, 0.25) is 11.8 Å². The van der Waals surface area contributed by atoms with Gasteiger partial charge in [-0.15, -0.1) is 0 Å². The highest BCUT2D eigenvalue weighted by molar-refractivity contribution is 5.91. The first-order chi connectivity index (χ1) is 25.6. The number of rotatable bonds is 8. The molecule has 8 heteroatoms. The molecule has 0 aliphatic carbocycles. The summed E-state index contributed by atoms with van der Waals surface area (Å²) in [6.07, 6.45) is 6.92. The first-order valence-corrected chi connectivity index (χ1v) is 16.6. The van der Waals surface area contributed by atoms with Crippen molar-refractivity contribution in [3.63, 3.8) is 0 Å². The molecule has 250 valence electrons. The van der Waals surface area contributed by atoms with Crippen molar-refractivity contribution in [3.8, 4) is 34.4 Å². The highest BCUT2D eigenvalue weighted by atomic mass is 16.5. The number of para-hydroxylation sites is 4. The molecule has 0 saturated heterocycles. The van der Waals surface area contributed by atoms with Crippen LogP contribution in [0, 0.1) is 0 Å². The van der Waals surface area contributed by atoms with Crippen LogP contribution in [0.15, 0.2) is 192 Å². The summed E-state index contributed by atoms with van der Waals surface area (Å²) in [5.74, 6) is 3.74. The quantitative estimate of drug-likeness (QED) is 0.157. The van der Waals surface area contributed by atoms with Gasteiger partial charge in [0.05, 0.1) is 22.8 Å². The van der Waals surface area contributed by atoms with E-state index in [9.17, 15) is 0 Å². The minimum atomic E-state index is 0.496. The van der Waals surface area contributed by atoms with E-state index in [4.69, 9.17) is 28.3 Å². The SMILES string of the molecule is C=CC1=C(C=C)N(c2ccc(-c3nc4cc5oc(-c6ccc(N7C(C=C)=C(C=C)Oc8ccccc87)cc6)nc5cc4o3)cc2)c2ccccc2O1. The van der Waals surface area contributed by atoms with E-state index < -0.39 is 0 Å². The zero-order valence-corrected chi connectivity index (χ0v) is 28.0. The van der Waals surface area contributed by atoms with E-state index in [2.05, 4.69) is 36.1 Å². The molecule has 4 heterocycles. The Morgan fingerprint density at radius 3 is 1.27 bits per heavy atom. The van der Waals surface area contributed by atoms with Gasteiger partial charge in [-0.25, -0.2) is 9.97 Å². The molecule has 0 amide bonds. The lowest BCUT2D eigenvalue weighted by Crippen LogP contribution is -2.22. The van der Waals surface area contributed by atoms with Crippen molar-refractivity contribution in [2.45, 2.75) is 0 Å². The first-order valence-electron chi connectivity index (χ1n) is 16.6. The maximum absolute atomic E-state index is 6.25. The number of oxazole rings is 2. The molecule has 0 atom stereocenters. The van der Waals surface area contributed by atoms with Crippen LogP contribution < -0.4 is 19.3 Å². The van der Waals surface area contributed by atoms with E-state index in [-0.39, 0.29) is 0 Å². The van der Waals surface area contributed by atoms with Gasteiger partial charge >= 0.3 is 0 Å². The Hall–Kier alpha value is -7.32. The molecule has 0 N–H and O–H groups in total. The number of nitrogens with zero attached hydrogens (tertiary/aromatic N) is 4. The number of hydrogen-bond donors (Lipinski definition) is 0. The Balaban J connectivity index is 1.000. The monoisotopic (exact) mass is 678 g/mol. The summed E-state index contributed by atoms with van der Waals surface area (Å²) in [5, 5.41) is 0. The Bertz CT molecular complexity index is 2430. The molecular weight excluding hydrogens is 649 g/mol. The number of benzene rings is 5. The standard InChI is InChI=1S/C44H30N4O4/c1-5-33-37(7-3)49-39-15-11-9-13-35(39)47(33)29-21-17-27(18-22-29)43-45-31-25-42-32(26-41(31)51-43)46-44(52-42)28-19-23-30(24-20-28)48-34(6-2)38(8-4)50-40-16-12-10-14-36(40)48/h5-26H,1-4H2. The average molecular weight is 679 g/mol. The third-order valence-corrected chi connectivity index (χ3v) is 9.04. The number of fused-ring (bicyclic) bond motifs is 4. The van der Waals surface area contributed by atoms with Crippen LogP contribution in [0.1, 0.15) is 0 Å². The maximum Gasteiger partial charge on any atom is 0.227 e. The van der Waals surface area contributed by atoms with Crippen LogP contribution >= 0.6 is 0 Å². The van der Waals surface area contributed by atoms with Crippen molar-refractivity contribution in [3.05, 3.63) is 183 Å². The lowest BCUT2D eigenvalue weighted by molar-refractivity contribution is 0.431. The minimum absolute atomic E-state index is 0.496. The largest absolute Gasteiger partial charge is 0.453 e. The highest BCUT2D eigenvalue weighted by Crippen LogP contribution is 2.45. The minimum Gasteiger partial charge on any atom is -0.453 e. The summed E-state index contributed by atoms with van der Waals surface area (Å²) in [5.41, 5.74) is 9.53. The molecule has 0 fully saturated rings. The second kappa shape index (κ2) is 12.2. The number of anilines is 4. The fourth-order valence-corrected chi connectivity index (χ4v) is 6.61. The predicted molar refractivity (Wildman–Crippen MR) is 206 cm³/mol. The molecule has 5 aromatic carbocycles. The number of hydrogen-bond acceptors (Lipinski definition) is 8. The van der Waals surface area contributed by atoms with Gasteiger partial charge in [0, 0.05) is 34.6 Å². The van der Waals surface area contributed by atoms with E-state index in [0.717, 1.165) is 56.8 Å². The van der Waals surface area contributed by atoms with E-state index in [0.29, 0.717) is 45.5 Å². The molecule has 8 nitrogen and oxygen atoms in total. The fourth-order valence-electron chi connectivity index (χ4n) is 6.61. The zero-order valence-electron chi connectivity index (χ0n) is 28.0. The summed E-state index contributed by atoms with van der Waals surface area (Å²) in [6.45, 7) is 15.9. The summed E-state index contributed by atoms with van der Waals surface area (Å²) in [6, 6.07) is 35.5. The van der Waals surface area contributed by atoms with Gasteiger partial charge in [-0.2, -0.15) is 0 Å². The second-order valence-electron chi connectivity index (χ2n) is 12.0. The maximum atomic E-state index is 6.25. The third-order valence-electron chi connectivity index (χ3n) is 9.04. The summed E-state index contributed by atoms with van der Waals surface area (Å²) in [7, 11) is 0. The van der Waals surface area contributed by atoms with Crippen LogP contribution in [0.4, 0.5) is 22.7 Å². The molecule has 0 bridgehead atoms. The normalized spacial score (nSPS) is 13.8. The Morgan fingerprint density at radius 2 is 0.885 bits per heavy atom. The van der Waals surface area contributed by atoms with Crippen molar-refractivity contribution in [2.24, 2.45) is 0 Å². The molecule has 2 aliphatic heterocycles. The van der Waals surface area contributed by atoms with Crippen LogP contribution in [0.2, 0.25) is 0 Å². The van der Waals surface area contributed by atoms with Crippen LogP contribution in [-0.2, 0) is 0 Å². The molecule has 0 saturated carbocycles. The Labute approximate surface area is 299 Å². The Kier molecular flexibility index (Phi) is 7.22. The van der Waals surface area contributed by atoms with Crippen molar-refractivity contribution in [2.75, 3.05) is 9.80 Å². The number of ether oxygens (including phenoxy) is 2. The van der Waals surface area contributed by atoms with Gasteiger partial charge in [0.15, 0.2) is 34.2 Å². The van der Waals surface area contributed by atoms with E-state index in [1.54, 1.807) is 24.3 Å². The molecule has 52 heavy (non-hydrogen) atoms. The van der Waals surface area contributed by atoms with Gasteiger partial charge in [-0.1, -0.05) is 50.6 Å². The first kappa shape index (κ1) is 30.7. The van der Waals surface area contributed by atoms with E-state index in [1.165, 1.54) is 0 Å². The van der Waals surface area contributed by atoms with Crippen molar-refractivity contribution in [1.82, 2.24) is 9.97 Å². The summed E-state index contributed by atoms with van der Waals surface area (Å²) >= 11 is 0. The second-order valence-corrected chi connectivity index (χ2v) is 12.0. The third kappa shape index (κ3) is 4.93.